The van der Waals surface area contributed by atoms with Crippen LogP contribution in [0.3, 0.4) is 0 Å². The smallest absolute Gasteiger partial charge is 0.105 e. The molecule has 0 amide bonds. The SMILES string of the molecule is Cc1nccn1CCN1CCC(=NO)c2ccccc21. The third-order valence-electron chi connectivity index (χ3n) is 3.83. The van der Waals surface area contributed by atoms with Crippen LogP contribution >= 0.6 is 0 Å². The number of oxime groups is 1. The van der Waals surface area contributed by atoms with E-state index in [1.807, 2.05) is 37.5 Å². The van der Waals surface area contributed by atoms with Crippen LogP contribution in [0.4, 0.5) is 5.69 Å². The Kier molecular flexibility index (Phi) is 3.41. The molecular formula is C15H18N4O. The van der Waals surface area contributed by atoms with Gasteiger partial charge in [-0.15, -0.1) is 0 Å². The number of imidazole rings is 1. The zero-order valence-electron chi connectivity index (χ0n) is 11.5. The number of benzene rings is 1. The summed E-state index contributed by atoms with van der Waals surface area (Å²) in [6.45, 7) is 4.73. The van der Waals surface area contributed by atoms with Crippen molar-refractivity contribution in [3.05, 3.63) is 48.0 Å². The Bertz CT molecular complexity index is 632. The lowest BCUT2D eigenvalue weighted by Crippen LogP contribution is -2.34. The van der Waals surface area contributed by atoms with Gasteiger partial charge in [0.2, 0.25) is 0 Å². The molecule has 0 fully saturated rings. The van der Waals surface area contributed by atoms with Crippen molar-refractivity contribution in [1.29, 1.82) is 0 Å². The lowest BCUT2D eigenvalue weighted by Gasteiger charge is -2.31. The molecule has 0 unspecified atom stereocenters. The second-order valence-corrected chi connectivity index (χ2v) is 4.97. The minimum absolute atomic E-state index is 0.774. The maximum Gasteiger partial charge on any atom is 0.105 e. The lowest BCUT2D eigenvalue weighted by molar-refractivity contribution is 0.317. The van der Waals surface area contributed by atoms with Crippen LogP contribution in [0.2, 0.25) is 0 Å². The van der Waals surface area contributed by atoms with Crippen molar-refractivity contribution in [3.8, 4) is 0 Å². The average molecular weight is 270 g/mol. The molecule has 3 rings (SSSR count). The van der Waals surface area contributed by atoms with Crippen LogP contribution in [-0.2, 0) is 6.54 Å². The van der Waals surface area contributed by atoms with Crippen LogP contribution in [-0.4, -0.2) is 33.6 Å². The van der Waals surface area contributed by atoms with E-state index in [0.717, 1.165) is 48.8 Å². The van der Waals surface area contributed by atoms with Crippen molar-refractivity contribution >= 4 is 11.4 Å². The van der Waals surface area contributed by atoms with Crippen LogP contribution in [0, 0.1) is 6.92 Å². The Morgan fingerprint density at radius 2 is 2.15 bits per heavy atom. The summed E-state index contributed by atoms with van der Waals surface area (Å²) in [5.74, 6) is 1.04. The summed E-state index contributed by atoms with van der Waals surface area (Å²) in [7, 11) is 0. The van der Waals surface area contributed by atoms with Gasteiger partial charge in [-0.1, -0.05) is 23.4 Å². The molecule has 0 bridgehead atoms. The van der Waals surface area contributed by atoms with E-state index in [9.17, 15) is 0 Å². The third kappa shape index (κ3) is 2.27. The largest absolute Gasteiger partial charge is 0.411 e. The van der Waals surface area contributed by atoms with Crippen LogP contribution in [0.25, 0.3) is 0 Å². The molecular weight excluding hydrogens is 252 g/mol. The molecule has 1 aromatic carbocycles. The summed E-state index contributed by atoms with van der Waals surface area (Å²) in [6, 6.07) is 8.10. The fraction of sp³-hybridized carbons (Fsp3) is 0.333. The number of fused-ring (bicyclic) bond motifs is 1. The summed E-state index contributed by atoms with van der Waals surface area (Å²) in [6.07, 6.45) is 4.61. The van der Waals surface area contributed by atoms with Crippen molar-refractivity contribution in [2.45, 2.75) is 19.9 Å². The number of nitrogens with zero attached hydrogens (tertiary/aromatic N) is 4. The summed E-state index contributed by atoms with van der Waals surface area (Å²) >= 11 is 0. The maximum absolute atomic E-state index is 9.10. The van der Waals surface area contributed by atoms with Gasteiger partial charge in [0.25, 0.3) is 0 Å². The fourth-order valence-corrected chi connectivity index (χ4v) is 2.69. The highest BCUT2D eigenvalue weighted by Crippen LogP contribution is 2.27. The zero-order chi connectivity index (χ0) is 13.9. The number of anilines is 1. The van der Waals surface area contributed by atoms with Crippen molar-refractivity contribution in [1.82, 2.24) is 9.55 Å². The van der Waals surface area contributed by atoms with E-state index in [-0.39, 0.29) is 0 Å². The summed E-state index contributed by atoms with van der Waals surface area (Å²) in [5.41, 5.74) is 2.95. The molecule has 104 valence electrons. The highest BCUT2D eigenvalue weighted by Gasteiger charge is 2.21. The van der Waals surface area contributed by atoms with Crippen LogP contribution < -0.4 is 4.90 Å². The number of hydrogen-bond acceptors (Lipinski definition) is 4. The van der Waals surface area contributed by atoms with Gasteiger partial charge >= 0.3 is 0 Å². The Hall–Kier alpha value is -2.30. The first-order chi connectivity index (χ1) is 9.79. The second kappa shape index (κ2) is 5.36. The summed E-state index contributed by atoms with van der Waals surface area (Å²) in [4.78, 5) is 6.58. The third-order valence-corrected chi connectivity index (χ3v) is 3.83. The molecule has 0 aliphatic carbocycles. The van der Waals surface area contributed by atoms with Gasteiger partial charge in [-0.25, -0.2) is 4.98 Å². The van der Waals surface area contributed by atoms with Gasteiger partial charge in [0.05, 0.1) is 5.71 Å². The monoisotopic (exact) mass is 270 g/mol. The molecule has 1 aromatic heterocycles. The van der Waals surface area contributed by atoms with E-state index in [0.29, 0.717) is 0 Å². The van der Waals surface area contributed by atoms with Gasteiger partial charge in [0.15, 0.2) is 0 Å². The summed E-state index contributed by atoms with van der Waals surface area (Å²) in [5, 5.41) is 12.5. The van der Waals surface area contributed by atoms with Crippen molar-refractivity contribution in [3.63, 3.8) is 0 Å². The highest BCUT2D eigenvalue weighted by atomic mass is 16.4. The van der Waals surface area contributed by atoms with E-state index in [4.69, 9.17) is 5.21 Å². The minimum atomic E-state index is 0.774. The predicted molar refractivity (Wildman–Crippen MR) is 78.6 cm³/mol. The van der Waals surface area contributed by atoms with Gasteiger partial charge < -0.3 is 14.7 Å². The molecule has 5 nitrogen and oxygen atoms in total. The minimum Gasteiger partial charge on any atom is -0.411 e. The number of para-hydroxylation sites is 1. The van der Waals surface area contributed by atoms with Crippen molar-refractivity contribution < 1.29 is 5.21 Å². The standard InChI is InChI=1S/C15H18N4O/c1-12-16-7-9-18(12)10-11-19-8-6-14(17-20)13-4-2-3-5-15(13)19/h2-5,7,9,20H,6,8,10-11H2,1H3. The molecule has 1 N–H and O–H groups in total. The van der Waals surface area contributed by atoms with Crippen LogP contribution in [0.15, 0.2) is 41.8 Å². The molecule has 20 heavy (non-hydrogen) atoms. The van der Waals surface area contributed by atoms with Gasteiger partial charge in [-0.2, -0.15) is 0 Å². The molecule has 1 aliphatic heterocycles. The zero-order valence-corrected chi connectivity index (χ0v) is 11.5. The number of rotatable bonds is 3. The Labute approximate surface area is 118 Å². The van der Waals surface area contributed by atoms with Crippen LogP contribution in [0.1, 0.15) is 17.8 Å². The van der Waals surface area contributed by atoms with E-state index in [2.05, 4.69) is 25.7 Å². The molecule has 1 aliphatic rings. The molecule has 0 radical (unpaired) electrons. The van der Waals surface area contributed by atoms with Gasteiger partial charge in [-0.3, -0.25) is 0 Å². The Morgan fingerprint density at radius 1 is 1.30 bits per heavy atom. The van der Waals surface area contributed by atoms with E-state index >= 15 is 0 Å². The normalized spacial score (nSPS) is 16.4. The fourth-order valence-electron chi connectivity index (χ4n) is 2.69. The van der Waals surface area contributed by atoms with Gasteiger partial charge in [0, 0.05) is 49.7 Å². The molecule has 0 spiro atoms. The molecule has 2 heterocycles. The Balaban J connectivity index is 1.80. The van der Waals surface area contributed by atoms with E-state index in [1.165, 1.54) is 0 Å². The lowest BCUT2D eigenvalue weighted by atomic mass is 10.00. The average Bonchev–Trinajstić information content (AvgIpc) is 2.90. The first-order valence-electron chi connectivity index (χ1n) is 6.82. The first kappa shape index (κ1) is 12.7. The summed E-state index contributed by atoms with van der Waals surface area (Å²) < 4.78 is 2.15. The van der Waals surface area contributed by atoms with Crippen molar-refractivity contribution in [2.24, 2.45) is 5.16 Å². The topological polar surface area (TPSA) is 53.7 Å². The number of aryl methyl sites for hydroxylation is 1. The van der Waals surface area contributed by atoms with E-state index in [1.54, 1.807) is 0 Å². The second-order valence-electron chi connectivity index (χ2n) is 4.97. The highest BCUT2D eigenvalue weighted by molar-refractivity contribution is 6.06. The van der Waals surface area contributed by atoms with E-state index < -0.39 is 0 Å². The van der Waals surface area contributed by atoms with Gasteiger partial charge in [0.1, 0.15) is 5.82 Å². The van der Waals surface area contributed by atoms with Crippen LogP contribution in [0.5, 0.6) is 0 Å². The molecule has 5 heteroatoms. The quantitative estimate of drug-likeness (QED) is 0.687. The van der Waals surface area contributed by atoms with Gasteiger partial charge in [-0.05, 0) is 13.0 Å². The molecule has 0 atom stereocenters. The molecule has 2 aromatic rings. The molecule has 0 saturated carbocycles. The maximum atomic E-state index is 9.10. The molecule has 0 saturated heterocycles. The predicted octanol–water partition coefficient (Wildman–Crippen LogP) is 2.28. The number of aromatic nitrogens is 2. The Morgan fingerprint density at radius 3 is 2.90 bits per heavy atom. The number of hydrogen-bond donors (Lipinski definition) is 1. The van der Waals surface area contributed by atoms with Crippen molar-refractivity contribution in [2.75, 3.05) is 18.0 Å². The first-order valence-corrected chi connectivity index (χ1v) is 6.82.